The first-order valence-corrected chi connectivity index (χ1v) is 4.55. The van der Waals surface area contributed by atoms with Crippen LogP contribution in [0.25, 0.3) is 5.69 Å². The summed E-state index contributed by atoms with van der Waals surface area (Å²) in [5, 5.41) is 12.7. The zero-order valence-electron chi connectivity index (χ0n) is 8.20. The lowest BCUT2D eigenvalue weighted by atomic mass is 10.2. The molecule has 0 unspecified atom stereocenters. The second kappa shape index (κ2) is 3.98. The molecule has 0 radical (unpaired) electrons. The van der Waals surface area contributed by atoms with Crippen molar-refractivity contribution in [1.29, 1.82) is 0 Å². The Hall–Kier alpha value is -2.43. The number of benzene rings is 1. The zero-order chi connectivity index (χ0) is 11.5. The van der Waals surface area contributed by atoms with Crippen molar-refractivity contribution in [3.63, 3.8) is 0 Å². The van der Waals surface area contributed by atoms with Crippen molar-refractivity contribution in [2.45, 2.75) is 0 Å². The summed E-state index contributed by atoms with van der Waals surface area (Å²) in [6, 6.07) is 7.81. The number of hydrogen-bond donors (Lipinski definition) is 1. The van der Waals surface area contributed by atoms with Crippen molar-refractivity contribution in [3.05, 3.63) is 47.8 Å². The highest BCUT2D eigenvalue weighted by Crippen LogP contribution is 2.09. The highest BCUT2D eigenvalue weighted by molar-refractivity contribution is 5.87. The fourth-order valence-electron chi connectivity index (χ4n) is 1.30. The molecule has 0 bridgehead atoms. The number of aldehydes is 1. The van der Waals surface area contributed by atoms with Gasteiger partial charge in [0.2, 0.25) is 0 Å². The molecule has 0 aliphatic carbocycles. The fraction of sp³-hybridized carbons (Fsp3) is 0. The number of carbonyl (C=O) groups excluding carboxylic acids is 1. The average Bonchev–Trinajstić information content (AvgIpc) is 2.77. The molecular formula is C11H8N2O3. The van der Waals surface area contributed by atoms with E-state index in [1.54, 1.807) is 24.4 Å². The average molecular weight is 216 g/mol. The van der Waals surface area contributed by atoms with Crippen LogP contribution in [0, 0.1) is 0 Å². The quantitative estimate of drug-likeness (QED) is 0.787. The van der Waals surface area contributed by atoms with Crippen LogP contribution in [0.3, 0.4) is 0 Å². The Morgan fingerprint density at radius 3 is 2.44 bits per heavy atom. The molecule has 0 saturated heterocycles. The molecule has 16 heavy (non-hydrogen) atoms. The second-order valence-electron chi connectivity index (χ2n) is 3.16. The van der Waals surface area contributed by atoms with Gasteiger partial charge in [0.05, 0.1) is 11.3 Å². The van der Waals surface area contributed by atoms with Crippen LogP contribution in [0.1, 0.15) is 20.8 Å². The number of aromatic nitrogens is 2. The van der Waals surface area contributed by atoms with Gasteiger partial charge in [0, 0.05) is 6.20 Å². The summed E-state index contributed by atoms with van der Waals surface area (Å²) in [5.41, 5.74) is 1.26. The first kappa shape index (κ1) is 10.1. The number of nitrogens with zero attached hydrogens (tertiary/aromatic N) is 2. The number of carboxylic acids is 1. The first-order chi connectivity index (χ1) is 7.70. The summed E-state index contributed by atoms with van der Waals surface area (Å²) in [4.78, 5) is 21.1. The van der Waals surface area contributed by atoms with Crippen LogP contribution < -0.4 is 0 Å². The summed E-state index contributed by atoms with van der Waals surface area (Å²) in [5.74, 6) is -0.972. The third-order valence-electron chi connectivity index (χ3n) is 2.11. The van der Waals surface area contributed by atoms with Gasteiger partial charge in [-0.3, -0.25) is 4.79 Å². The zero-order valence-corrected chi connectivity index (χ0v) is 8.20. The summed E-state index contributed by atoms with van der Waals surface area (Å²) >= 11 is 0. The summed E-state index contributed by atoms with van der Waals surface area (Å²) in [7, 11) is 0. The molecule has 0 aliphatic heterocycles. The summed E-state index contributed by atoms with van der Waals surface area (Å²) < 4.78 is 1.51. The molecule has 0 spiro atoms. The third kappa shape index (κ3) is 1.83. The van der Waals surface area contributed by atoms with Crippen LogP contribution in [-0.2, 0) is 0 Å². The number of hydrogen-bond acceptors (Lipinski definition) is 3. The molecule has 1 aromatic heterocycles. The van der Waals surface area contributed by atoms with E-state index in [0.29, 0.717) is 17.7 Å². The van der Waals surface area contributed by atoms with Crippen LogP contribution in [-0.4, -0.2) is 27.1 Å². The Balaban J connectivity index is 2.34. The first-order valence-electron chi connectivity index (χ1n) is 4.55. The minimum absolute atomic E-state index is 0.214. The molecule has 0 saturated carbocycles. The predicted molar refractivity (Wildman–Crippen MR) is 55.9 cm³/mol. The highest BCUT2D eigenvalue weighted by Gasteiger charge is 2.03. The Bertz CT molecular complexity index is 528. The van der Waals surface area contributed by atoms with Crippen LogP contribution in [0.2, 0.25) is 0 Å². The molecule has 0 aliphatic rings. The summed E-state index contributed by atoms with van der Waals surface area (Å²) in [6.07, 6.45) is 2.29. The topological polar surface area (TPSA) is 72.2 Å². The Kier molecular flexibility index (Phi) is 2.51. The van der Waals surface area contributed by atoms with Gasteiger partial charge in [-0.05, 0) is 30.3 Å². The van der Waals surface area contributed by atoms with Crippen LogP contribution in [0.5, 0.6) is 0 Å². The largest absolute Gasteiger partial charge is 0.478 e. The van der Waals surface area contributed by atoms with Crippen molar-refractivity contribution in [2.75, 3.05) is 0 Å². The molecule has 5 nitrogen and oxygen atoms in total. The van der Waals surface area contributed by atoms with Crippen molar-refractivity contribution in [2.24, 2.45) is 0 Å². The van der Waals surface area contributed by atoms with Gasteiger partial charge in [0.25, 0.3) is 0 Å². The van der Waals surface area contributed by atoms with E-state index < -0.39 is 5.97 Å². The van der Waals surface area contributed by atoms with E-state index in [-0.39, 0.29) is 5.56 Å². The maximum atomic E-state index is 10.6. The minimum atomic E-state index is -0.972. The third-order valence-corrected chi connectivity index (χ3v) is 2.11. The standard InChI is InChI=1S/C11H8N2O3/c14-7-9-5-6-13(12-9)10-3-1-8(2-4-10)11(15)16/h1-7H,(H,15,16). The number of aromatic carboxylic acids is 1. The van der Waals surface area contributed by atoms with Crippen molar-refractivity contribution in [3.8, 4) is 5.69 Å². The fourth-order valence-corrected chi connectivity index (χ4v) is 1.30. The Labute approximate surface area is 90.9 Å². The van der Waals surface area contributed by atoms with Gasteiger partial charge in [-0.25, -0.2) is 9.48 Å². The van der Waals surface area contributed by atoms with Gasteiger partial charge < -0.3 is 5.11 Å². The molecule has 80 valence electrons. The number of carbonyl (C=O) groups is 2. The lowest BCUT2D eigenvalue weighted by molar-refractivity contribution is 0.0696. The predicted octanol–water partition coefficient (Wildman–Crippen LogP) is 1.38. The van der Waals surface area contributed by atoms with Gasteiger partial charge in [0.15, 0.2) is 6.29 Å². The molecule has 0 atom stereocenters. The van der Waals surface area contributed by atoms with Gasteiger partial charge >= 0.3 is 5.97 Å². The van der Waals surface area contributed by atoms with Gasteiger partial charge in [-0.2, -0.15) is 5.10 Å². The Morgan fingerprint density at radius 2 is 1.94 bits per heavy atom. The van der Waals surface area contributed by atoms with Gasteiger partial charge in [0.1, 0.15) is 5.69 Å². The number of rotatable bonds is 3. The maximum absolute atomic E-state index is 10.6. The molecule has 1 heterocycles. The molecule has 0 amide bonds. The van der Waals surface area contributed by atoms with E-state index >= 15 is 0 Å². The van der Waals surface area contributed by atoms with E-state index in [0.717, 1.165) is 0 Å². The van der Waals surface area contributed by atoms with Gasteiger partial charge in [-0.1, -0.05) is 0 Å². The molecule has 1 aromatic carbocycles. The van der Waals surface area contributed by atoms with E-state index in [1.165, 1.54) is 16.8 Å². The van der Waals surface area contributed by atoms with Crippen molar-refractivity contribution >= 4 is 12.3 Å². The Morgan fingerprint density at radius 1 is 1.25 bits per heavy atom. The lowest BCUT2D eigenvalue weighted by Crippen LogP contribution is -1.99. The lowest BCUT2D eigenvalue weighted by Gasteiger charge is -2.01. The highest BCUT2D eigenvalue weighted by atomic mass is 16.4. The van der Waals surface area contributed by atoms with Gasteiger partial charge in [-0.15, -0.1) is 0 Å². The smallest absolute Gasteiger partial charge is 0.335 e. The monoisotopic (exact) mass is 216 g/mol. The van der Waals surface area contributed by atoms with E-state index in [4.69, 9.17) is 5.11 Å². The van der Waals surface area contributed by atoms with Crippen LogP contribution in [0.4, 0.5) is 0 Å². The normalized spacial score (nSPS) is 10.0. The molecule has 1 N–H and O–H groups in total. The van der Waals surface area contributed by atoms with E-state index in [1.807, 2.05) is 0 Å². The molecule has 2 aromatic rings. The number of carboxylic acid groups (broad SMARTS) is 1. The van der Waals surface area contributed by atoms with Crippen LogP contribution >= 0.6 is 0 Å². The minimum Gasteiger partial charge on any atom is -0.478 e. The SMILES string of the molecule is O=Cc1ccn(-c2ccc(C(=O)O)cc2)n1. The molecule has 2 rings (SSSR count). The molecule has 5 heteroatoms. The van der Waals surface area contributed by atoms with E-state index in [9.17, 15) is 9.59 Å². The maximum Gasteiger partial charge on any atom is 0.335 e. The van der Waals surface area contributed by atoms with Crippen molar-refractivity contribution in [1.82, 2.24) is 9.78 Å². The molecule has 0 fully saturated rings. The van der Waals surface area contributed by atoms with E-state index in [2.05, 4.69) is 5.10 Å². The summed E-state index contributed by atoms with van der Waals surface area (Å²) in [6.45, 7) is 0. The van der Waals surface area contributed by atoms with Crippen molar-refractivity contribution < 1.29 is 14.7 Å². The van der Waals surface area contributed by atoms with Crippen LogP contribution in [0.15, 0.2) is 36.5 Å². The molecular weight excluding hydrogens is 208 g/mol. The second-order valence-corrected chi connectivity index (χ2v) is 3.16.